The van der Waals surface area contributed by atoms with Gasteiger partial charge >= 0.3 is 5.97 Å². The van der Waals surface area contributed by atoms with Crippen LogP contribution in [0.15, 0.2) is 53.4 Å². The van der Waals surface area contributed by atoms with Gasteiger partial charge in [0.1, 0.15) is 11.8 Å². The number of benzene rings is 3. The smallest absolute Gasteiger partial charge is 0.327 e. The summed E-state index contributed by atoms with van der Waals surface area (Å²) in [5.74, 6) is -1.29. The van der Waals surface area contributed by atoms with E-state index < -0.39 is 17.9 Å². The minimum absolute atomic E-state index is 0.0970. The molecule has 25 heavy (non-hydrogen) atoms. The highest BCUT2D eigenvalue weighted by atomic mass is 32.2. The number of hydrogen-bond acceptors (Lipinski definition) is 4. The molecule has 0 bridgehead atoms. The van der Waals surface area contributed by atoms with Crippen molar-refractivity contribution in [1.82, 2.24) is 5.32 Å². The van der Waals surface area contributed by atoms with Gasteiger partial charge in [0.25, 0.3) is 0 Å². The number of aliphatic carboxylic acids is 1. The minimum atomic E-state index is -1.10. The second kappa shape index (κ2) is 7.03. The molecule has 3 N–H and O–H groups in total. The highest BCUT2D eigenvalue weighted by molar-refractivity contribution is 7.99. The zero-order valence-corrected chi connectivity index (χ0v) is 14.3. The molecule has 5 nitrogen and oxygen atoms in total. The van der Waals surface area contributed by atoms with E-state index in [4.69, 9.17) is 0 Å². The fourth-order valence-electron chi connectivity index (χ4n) is 2.71. The Labute approximate surface area is 148 Å². The second-order valence-corrected chi connectivity index (χ2v) is 6.77. The molecule has 0 fully saturated rings. The number of thioether (sulfide) groups is 1. The molecule has 0 saturated heterocycles. The lowest BCUT2D eigenvalue weighted by Crippen LogP contribution is -2.41. The molecular weight excluding hydrogens is 338 g/mol. The van der Waals surface area contributed by atoms with E-state index in [2.05, 4.69) is 5.32 Å². The van der Waals surface area contributed by atoms with Crippen LogP contribution in [0.4, 0.5) is 0 Å². The molecule has 3 aromatic rings. The summed E-state index contributed by atoms with van der Waals surface area (Å²) in [5, 5.41) is 25.9. The van der Waals surface area contributed by atoms with Gasteiger partial charge in [-0.25, -0.2) is 4.79 Å². The maximum atomic E-state index is 11.3. The van der Waals surface area contributed by atoms with E-state index in [1.807, 2.05) is 42.5 Å². The number of carbonyl (C=O) groups is 2. The van der Waals surface area contributed by atoms with Gasteiger partial charge in [-0.1, -0.05) is 30.3 Å². The fourth-order valence-corrected chi connectivity index (χ4v) is 3.82. The van der Waals surface area contributed by atoms with Crippen molar-refractivity contribution < 1.29 is 19.8 Å². The monoisotopic (exact) mass is 355 g/mol. The molecule has 1 amide bonds. The van der Waals surface area contributed by atoms with E-state index in [1.165, 1.54) is 18.7 Å². The average Bonchev–Trinajstić information content (AvgIpc) is 2.57. The SMILES string of the molecule is CC(=O)NC(CSc1c(O)ccc2cc3ccccc3cc12)C(=O)O. The van der Waals surface area contributed by atoms with Crippen LogP contribution in [0.2, 0.25) is 0 Å². The number of phenolic OH excluding ortho intramolecular Hbond substituents is 1. The Kier molecular flexibility index (Phi) is 4.81. The first kappa shape index (κ1) is 17.1. The maximum absolute atomic E-state index is 11.3. The maximum Gasteiger partial charge on any atom is 0.327 e. The topological polar surface area (TPSA) is 86.6 Å². The van der Waals surface area contributed by atoms with Crippen LogP contribution in [0.3, 0.4) is 0 Å². The van der Waals surface area contributed by atoms with Crippen molar-refractivity contribution in [2.75, 3.05) is 5.75 Å². The molecule has 3 aromatic carbocycles. The quantitative estimate of drug-likeness (QED) is 0.482. The molecule has 0 spiro atoms. The molecule has 0 radical (unpaired) electrons. The lowest BCUT2D eigenvalue weighted by Gasteiger charge is -2.15. The van der Waals surface area contributed by atoms with Gasteiger partial charge in [-0.2, -0.15) is 0 Å². The third kappa shape index (κ3) is 3.69. The number of phenols is 1. The van der Waals surface area contributed by atoms with Crippen LogP contribution in [0.5, 0.6) is 5.75 Å². The van der Waals surface area contributed by atoms with Crippen LogP contribution in [0, 0.1) is 0 Å². The third-order valence-corrected chi connectivity index (χ3v) is 5.10. The predicted octanol–water partition coefficient (Wildman–Crippen LogP) is 3.38. The summed E-state index contributed by atoms with van der Waals surface area (Å²) < 4.78 is 0. The van der Waals surface area contributed by atoms with E-state index in [9.17, 15) is 19.8 Å². The van der Waals surface area contributed by atoms with Gasteiger partial charge in [0.2, 0.25) is 5.91 Å². The number of rotatable bonds is 5. The zero-order valence-electron chi connectivity index (χ0n) is 13.5. The van der Waals surface area contributed by atoms with E-state index in [1.54, 1.807) is 6.07 Å². The highest BCUT2D eigenvalue weighted by Crippen LogP contribution is 2.37. The van der Waals surface area contributed by atoms with Crippen molar-refractivity contribution in [1.29, 1.82) is 0 Å². The van der Waals surface area contributed by atoms with Crippen LogP contribution in [0.1, 0.15) is 6.92 Å². The first-order chi connectivity index (χ1) is 12.0. The Morgan fingerprint density at radius 2 is 1.76 bits per heavy atom. The molecule has 0 aliphatic heterocycles. The predicted molar refractivity (Wildman–Crippen MR) is 99.1 cm³/mol. The van der Waals surface area contributed by atoms with E-state index in [0.717, 1.165) is 21.5 Å². The molecule has 0 aliphatic rings. The Morgan fingerprint density at radius 3 is 2.40 bits per heavy atom. The molecule has 0 heterocycles. The van der Waals surface area contributed by atoms with Crippen molar-refractivity contribution >= 4 is 45.2 Å². The Morgan fingerprint density at radius 1 is 1.08 bits per heavy atom. The number of aromatic hydroxyl groups is 1. The normalized spacial score (nSPS) is 12.2. The van der Waals surface area contributed by atoms with Crippen LogP contribution in [-0.4, -0.2) is 33.9 Å². The van der Waals surface area contributed by atoms with Gasteiger partial charge in [0, 0.05) is 12.7 Å². The van der Waals surface area contributed by atoms with Gasteiger partial charge in [0.15, 0.2) is 0 Å². The lowest BCUT2D eigenvalue weighted by molar-refractivity contribution is -0.140. The Hall–Kier alpha value is -2.73. The molecular formula is C19H17NO4S. The molecule has 1 atom stereocenters. The van der Waals surface area contributed by atoms with Gasteiger partial charge < -0.3 is 15.5 Å². The summed E-state index contributed by atoms with van der Waals surface area (Å²) in [5.41, 5.74) is 0. The molecule has 3 rings (SSSR count). The van der Waals surface area contributed by atoms with Gasteiger partial charge in [-0.3, -0.25) is 4.79 Å². The van der Waals surface area contributed by atoms with Crippen molar-refractivity contribution in [2.45, 2.75) is 17.9 Å². The molecule has 1 unspecified atom stereocenters. The van der Waals surface area contributed by atoms with Crippen LogP contribution >= 0.6 is 11.8 Å². The molecule has 0 aromatic heterocycles. The standard InChI is InChI=1S/C19H17NO4S/c1-11(21)20-16(19(23)24)10-25-18-15-9-13-5-3-2-4-12(13)8-14(15)6-7-17(18)22/h2-9,16,22H,10H2,1H3,(H,20,21)(H,23,24). The van der Waals surface area contributed by atoms with Gasteiger partial charge in [-0.15, -0.1) is 11.8 Å². The van der Waals surface area contributed by atoms with Gasteiger partial charge in [-0.05, 0) is 39.7 Å². The van der Waals surface area contributed by atoms with Crippen molar-refractivity contribution in [3.63, 3.8) is 0 Å². The number of amides is 1. The lowest BCUT2D eigenvalue weighted by atomic mass is 10.0. The van der Waals surface area contributed by atoms with Crippen molar-refractivity contribution in [2.24, 2.45) is 0 Å². The number of nitrogens with one attached hydrogen (secondary N) is 1. The largest absolute Gasteiger partial charge is 0.507 e. The average molecular weight is 355 g/mol. The molecule has 6 heteroatoms. The summed E-state index contributed by atoms with van der Waals surface area (Å²) in [6.07, 6.45) is 0. The number of carboxylic acid groups (broad SMARTS) is 1. The first-order valence-corrected chi connectivity index (χ1v) is 8.71. The summed E-state index contributed by atoms with van der Waals surface area (Å²) in [4.78, 5) is 23.1. The van der Waals surface area contributed by atoms with Crippen LogP contribution in [-0.2, 0) is 9.59 Å². The second-order valence-electron chi connectivity index (χ2n) is 5.74. The van der Waals surface area contributed by atoms with Crippen LogP contribution < -0.4 is 5.32 Å². The zero-order chi connectivity index (χ0) is 18.0. The van der Waals surface area contributed by atoms with Crippen molar-refractivity contribution in [3.8, 4) is 5.75 Å². The number of fused-ring (bicyclic) bond motifs is 2. The Balaban J connectivity index is 1.99. The number of hydrogen-bond donors (Lipinski definition) is 3. The molecule has 0 aliphatic carbocycles. The fraction of sp³-hybridized carbons (Fsp3) is 0.158. The molecule has 128 valence electrons. The van der Waals surface area contributed by atoms with E-state index in [0.29, 0.717) is 4.90 Å². The van der Waals surface area contributed by atoms with E-state index in [-0.39, 0.29) is 11.5 Å². The minimum Gasteiger partial charge on any atom is -0.507 e. The summed E-state index contributed by atoms with van der Waals surface area (Å²) in [6.45, 7) is 1.28. The third-order valence-electron chi connectivity index (χ3n) is 3.89. The van der Waals surface area contributed by atoms with Crippen LogP contribution in [0.25, 0.3) is 21.5 Å². The summed E-state index contributed by atoms with van der Waals surface area (Å²) in [7, 11) is 0. The Bertz CT molecular complexity index is 970. The summed E-state index contributed by atoms with van der Waals surface area (Å²) >= 11 is 1.22. The van der Waals surface area contributed by atoms with E-state index >= 15 is 0 Å². The number of carbonyl (C=O) groups excluding carboxylic acids is 1. The van der Waals surface area contributed by atoms with Crippen molar-refractivity contribution in [3.05, 3.63) is 48.5 Å². The molecule has 0 saturated carbocycles. The summed E-state index contributed by atoms with van der Waals surface area (Å²) in [6, 6.07) is 14.4. The van der Waals surface area contributed by atoms with Gasteiger partial charge in [0.05, 0.1) is 4.90 Å². The highest BCUT2D eigenvalue weighted by Gasteiger charge is 2.20. The first-order valence-electron chi connectivity index (χ1n) is 7.73. The number of carboxylic acids is 1.